The first-order valence-corrected chi connectivity index (χ1v) is 16.6. The van der Waals surface area contributed by atoms with Crippen molar-refractivity contribution in [3.63, 3.8) is 0 Å². The first kappa shape index (κ1) is 36.2. The lowest BCUT2D eigenvalue weighted by Crippen LogP contribution is -2.42. The molecule has 0 bridgehead atoms. The first-order chi connectivity index (χ1) is 21.8. The number of allylic oxidation sites excluding steroid dienone is 3. The fourth-order valence-electron chi connectivity index (χ4n) is 4.77. The summed E-state index contributed by atoms with van der Waals surface area (Å²) in [7, 11) is 2.64. The number of benzene rings is 1. The van der Waals surface area contributed by atoms with Gasteiger partial charge in [-0.05, 0) is 74.7 Å². The van der Waals surface area contributed by atoms with E-state index in [1.54, 1.807) is 19.2 Å². The maximum Gasteiger partial charge on any atom is 0.287 e. The Hall–Kier alpha value is -3.23. The van der Waals surface area contributed by atoms with Crippen LogP contribution in [-0.4, -0.2) is 65.6 Å². The molecular weight excluding hydrogens is 607 g/mol. The maximum absolute atomic E-state index is 12.8. The standard InChI is InChI=1S/C25H34N6O3.C7H8ClP.C2H6/c1-4-22(30-11-9-26-10-12-30)6-5-19(3)28-25-27-16-21-15-18(2)24(32)31(23(21)29-25)34-17-20-7-13-33-14-8-20;1-5-6(8)3-2-4-7(5)9;1-2/h4-6,15-16,20,26H,3,7-14,17H2,1-2H3,(H,27,28,29);2-4H,9H2,1H3;1-2H3/b6-5-,22-4+;;. The normalized spacial score (nSPS) is 15.6. The highest BCUT2D eigenvalue weighted by Crippen LogP contribution is 2.17. The highest BCUT2D eigenvalue weighted by atomic mass is 35.5. The fourth-order valence-corrected chi connectivity index (χ4v) is 5.31. The Bertz CT molecular complexity index is 1510. The Morgan fingerprint density at radius 3 is 2.58 bits per heavy atom. The Balaban J connectivity index is 0.000000427. The molecule has 244 valence electrons. The molecule has 1 aromatic carbocycles. The number of nitrogens with one attached hydrogen (secondary N) is 2. The van der Waals surface area contributed by atoms with Crippen LogP contribution in [0.3, 0.4) is 0 Å². The number of halogens is 1. The molecule has 2 aliphatic heterocycles. The van der Waals surface area contributed by atoms with E-state index in [4.69, 9.17) is 21.2 Å². The Labute approximate surface area is 274 Å². The average molecular weight is 655 g/mol. The number of piperazine rings is 1. The molecule has 1 atom stereocenters. The van der Waals surface area contributed by atoms with Gasteiger partial charge in [-0.25, -0.2) is 4.98 Å². The monoisotopic (exact) mass is 654 g/mol. The first-order valence-electron chi connectivity index (χ1n) is 15.6. The quantitative estimate of drug-likeness (QED) is 0.246. The molecule has 2 aromatic heterocycles. The molecule has 0 spiro atoms. The molecule has 0 aliphatic carbocycles. The van der Waals surface area contributed by atoms with Crippen LogP contribution in [-0.2, 0) is 4.74 Å². The van der Waals surface area contributed by atoms with E-state index in [2.05, 4.69) is 47.4 Å². The van der Waals surface area contributed by atoms with Crippen molar-refractivity contribution in [3.05, 3.63) is 93.2 Å². The second-order valence-electron chi connectivity index (χ2n) is 10.6. The number of anilines is 1. The number of aryl methyl sites for hydroxylation is 1. The Morgan fingerprint density at radius 2 is 1.93 bits per heavy atom. The lowest BCUT2D eigenvalue weighted by atomic mass is 10.0. The molecular formula is C34H48ClN6O3P. The molecule has 5 rings (SSSR count). The van der Waals surface area contributed by atoms with Gasteiger partial charge in [0, 0.05) is 73.0 Å². The van der Waals surface area contributed by atoms with Gasteiger partial charge in [0.1, 0.15) is 6.61 Å². The van der Waals surface area contributed by atoms with Crippen LogP contribution in [0, 0.1) is 19.8 Å². The lowest BCUT2D eigenvalue weighted by molar-refractivity contribution is 0.0150. The van der Waals surface area contributed by atoms with Gasteiger partial charge < -0.3 is 25.1 Å². The lowest BCUT2D eigenvalue weighted by Gasteiger charge is -2.30. The van der Waals surface area contributed by atoms with Gasteiger partial charge in [0.15, 0.2) is 5.65 Å². The van der Waals surface area contributed by atoms with Gasteiger partial charge in [0.25, 0.3) is 5.56 Å². The Morgan fingerprint density at radius 1 is 1.22 bits per heavy atom. The molecule has 1 unspecified atom stereocenters. The summed E-state index contributed by atoms with van der Waals surface area (Å²) in [4.78, 5) is 30.1. The summed E-state index contributed by atoms with van der Waals surface area (Å²) in [6.07, 6.45) is 9.59. The van der Waals surface area contributed by atoms with Gasteiger partial charge in [-0.2, -0.15) is 4.98 Å². The molecule has 2 saturated heterocycles. The van der Waals surface area contributed by atoms with Crippen molar-refractivity contribution in [1.82, 2.24) is 24.9 Å². The molecule has 9 nitrogen and oxygen atoms in total. The number of pyridine rings is 1. The number of nitrogens with zero attached hydrogens (tertiary/aromatic N) is 4. The molecule has 45 heavy (non-hydrogen) atoms. The molecule has 0 radical (unpaired) electrons. The molecule has 0 saturated carbocycles. The Kier molecular flexibility index (Phi) is 15.0. The van der Waals surface area contributed by atoms with Gasteiger partial charge in [-0.15, -0.1) is 14.0 Å². The minimum atomic E-state index is -0.211. The van der Waals surface area contributed by atoms with E-state index in [-0.39, 0.29) is 5.56 Å². The van der Waals surface area contributed by atoms with Crippen molar-refractivity contribution in [2.75, 3.05) is 51.3 Å². The van der Waals surface area contributed by atoms with Gasteiger partial charge >= 0.3 is 0 Å². The molecule has 11 heteroatoms. The smallest absolute Gasteiger partial charge is 0.287 e. The topological polar surface area (TPSA) is 93.5 Å². The molecule has 2 aliphatic rings. The third kappa shape index (κ3) is 10.7. The highest BCUT2D eigenvalue weighted by molar-refractivity contribution is 7.27. The van der Waals surface area contributed by atoms with Gasteiger partial charge in [0.05, 0.1) is 0 Å². The van der Waals surface area contributed by atoms with E-state index >= 15 is 0 Å². The summed E-state index contributed by atoms with van der Waals surface area (Å²) >= 11 is 5.80. The summed E-state index contributed by atoms with van der Waals surface area (Å²) in [6, 6.07) is 7.64. The van der Waals surface area contributed by atoms with Crippen molar-refractivity contribution in [2.24, 2.45) is 5.92 Å². The van der Waals surface area contributed by atoms with Crippen LogP contribution in [0.1, 0.15) is 44.7 Å². The predicted molar refractivity (Wildman–Crippen MR) is 191 cm³/mol. The van der Waals surface area contributed by atoms with E-state index in [0.29, 0.717) is 35.4 Å². The molecule has 3 aromatic rings. The number of ether oxygens (including phenoxy) is 1. The summed E-state index contributed by atoms with van der Waals surface area (Å²) in [6.45, 7) is 19.7. The van der Waals surface area contributed by atoms with Crippen molar-refractivity contribution in [2.45, 2.75) is 47.5 Å². The highest BCUT2D eigenvalue weighted by Gasteiger charge is 2.17. The van der Waals surface area contributed by atoms with Crippen LogP contribution in [0.25, 0.3) is 11.0 Å². The van der Waals surface area contributed by atoms with Crippen molar-refractivity contribution < 1.29 is 9.57 Å². The largest absolute Gasteiger partial charge is 0.408 e. The van der Waals surface area contributed by atoms with Gasteiger partial charge in [0.2, 0.25) is 5.95 Å². The second kappa shape index (κ2) is 18.7. The van der Waals surface area contributed by atoms with Crippen LogP contribution < -0.4 is 26.3 Å². The van der Waals surface area contributed by atoms with E-state index < -0.39 is 0 Å². The zero-order valence-electron chi connectivity index (χ0n) is 27.2. The summed E-state index contributed by atoms with van der Waals surface area (Å²) < 4.78 is 6.72. The van der Waals surface area contributed by atoms with Gasteiger partial charge in [-0.3, -0.25) is 4.79 Å². The second-order valence-corrected chi connectivity index (χ2v) is 11.7. The predicted octanol–water partition coefficient (Wildman–Crippen LogP) is 5.42. The summed E-state index contributed by atoms with van der Waals surface area (Å²) in [5.41, 5.74) is 3.75. The van der Waals surface area contributed by atoms with E-state index in [0.717, 1.165) is 73.9 Å². The molecule has 2 fully saturated rings. The van der Waals surface area contributed by atoms with Crippen molar-refractivity contribution >= 4 is 43.1 Å². The summed E-state index contributed by atoms with van der Waals surface area (Å²) in [5, 5.41) is 9.25. The number of fused-ring (bicyclic) bond motifs is 1. The zero-order valence-corrected chi connectivity index (χ0v) is 29.1. The van der Waals surface area contributed by atoms with Crippen LogP contribution >= 0.6 is 20.8 Å². The molecule has 0 amide bonds. The van der Waals surface area contributed by atoms with Crippen LogP contribution in [0.5, 0.6) is 0 Å². The fraction of sp³-hybridized carbons (Fsp3) is 0.441. The van der Waals surface area contributed by atoms with Gasteiger partial charge in [-0.1, -0.05) is 50.2 Å². The zero-order chi connectivity index (χ0) is 32.8. The van der Waals surface area contributed by atoms with Crippen LogP contribution in [0.15, 0.2) is 71.5 Å². The summed E-state index contributed by atoms with van der Waals surface area (Å²) in [5.74, 6) is 0.718. The number of hydrogen-bond donors (Lipinski definition) is 2. The number of aromatic nitrogens is 3. The molecule has 4 heterocycles. The van der Waals surface area contributed by atoms with Crippen molar-refractivity contribution in [3.8, 4) is 0 Å². The van der Waals surface area contributed by atoms with Crippen molar-refractivity contribution in [1.29, 1.82) is 0 Å². The average Bonchev–Trinajstić information content (AvgIpc) is 3.06. The third-order valence-corrected chi connectivity index (χ3v) is 8.51. The third-order valence-electron chi connectivity index (χ3n) is 7.48. The number of hydrogen-bond acceptors (Lipinski definition) is 8. The van der Waals surface area contributed by atoms with E-state index in [1.165, 1.54) is 10.0 Å². The van der Waals surface area contributed by atoms with Crippen LogP contribution in [0.4, 0.5) is 5.95 Å². The minimum Gasteiger partial charge on any atom is -0.408 e. The van der Waals surface area contributed by atoms with E-state index in [9.17, 15) is 4.79 Å². The SMILES string of the molecule is C=C(/C=C\C(=C/C)N1CCNCC1)Nc1ncc2cc(C)c(=O)n(OCC3CCOCC3)c2n1.CC.Cc1c(P)cccc1Cl. The maximum atomic E-state index is 12.8. The number of rotatable bonds is 8. The van der Waals surface area contributed by atoms with Crippen LogP contribution in [0.2, 0.25) is 5.02 Å². The molecule has 2 N–H and O–H groups in total. The van der Waals surface area contributed by atoms with E-state index in [1.807, 2.05) is 58.0 Å². The minimum absolute atomic E-state index is 0.211.